The Morgan fingerprint density at radius 2 is 2.27 bits per heavy atom. The Bertz CT molecular complexity index is 671. The highest BCUT2D eigenvalue weighted by Crippen LogP contribution is 2.29. The van der Waals surface area contributed by atoms with Gasteiger partial charge in [0.25, 0.3) is 0 Å². The van der Waals surface area contributed by atoms with Crippen molar-refractivity contribution >= 4 is 51.4 Å². The first-order valence-electron chi connectivity index (χ1n) is 5.70. The van der Waals surface area contributed by atoms with E-state index in [0.29, 0.717) is 15.2 Å². The SMILES string of the molecule is Nc1nnc(SCC(=O)Nc2ccc(OC(F)F)c(Cl)c2)s1. The molecule has 1 aromatic heterocycles. The summed E-state index contributed by atoms with van der Waals surface area (Å²) in [5.41, 5.74) is 5.79. The van der Waals surface area contributed by atoms with E-state index in [0.717, 1.165) is 0 Å². The van der Waals surface area contributed by atoms with Crippen LogP contribution in [0.3, 0.4) is 0 Å². The van der Waals surface area contributed by atoms with Gasteiger partial charge < -0.3 is 15.8 Å². The van der Waals surface area contributed by atoms with Crippen molar-refractivity contribution in [2.24, 2.45) is 0 Å². The smallest absolute Gasteiger partial charge is 0.387 e. The van der Waals surface area contributed by atoms with Crippen molar-refractivity contribution in [1.29, 1.82) is 0 Å². The molecule has 0 saturated heterocycles. The number of nitrogens with two attached hydrogens (primary N) is 1. The maximum absolute atomic E-state index is 12.1. The van der Waals surface area contributed by atoms with Crippen LogP contribution in [0.1, 0.15) is 0 Å². The van der Waals surface area contributed by atoms with E-state index in [1.54, 1.807) is 0 Å². The third-order valence-electron chi connectivity index (χ3n) is 2.18. The minimum atomic E-state index is -2.96. The highest BCUT2D eigenvalue weighted by Gasteiger charge is 2.11. The topological polar surface area (TPSA) is 90.1 Å². The first kappa shape index (κ1) is 16.7. The van der Waals surface area contributed by atoms with Gasteiger partial charge in [-0.25, -0.2) is 0 Å². The van der Waals surface area contributed by atoms with Crippen LogP contribution in [0.15, 0.2) is 22.5 Å². The maximum Gasteiger partial charge on any atom is 0.387 e. The van der Waals surface area contributed by atoms with Crippen molar-refractivity contribution in [1.82, 2.24) is 10.2 Å². The standard InChI is InChI=1S/C11H9ClF2N4O2S2/c12-6-3-5(1-2-7(6)20-9(13)14)16-8(19)4-21-11-18-17-10(15)22-11/h1-3,9H,4H2,(H2,15,17)(H,16,19). The number of aromatic nitrogens is 2. The molecule has 1 aromatic carbocycles. The minimum Gasteiger partial charge on any atom is -0.433 e. The van der Waals surface area contributed by atoms with Gasteiger partial charge in [0.15, 0.2) is 4.34 Å². The highest BCUT2D eigenvalue weighted by atomic mass is 35.5. The molecular weight excluding hydrogens is 358 g/mol. The third kappa shape index (κ3) is 4.97. The fraction of sp³-hybridized carbons (Fsp3) is 0.182. The number of nitrogens with zero attached hydrogens (tertiary/aromatic N) is 2. The van der Waals surface area contributed by atoms with E-state index in [1.807, 2.05) is 0 Å². The molecule has 11 heteroatoms. The van der Waals surface area contributed by atoms with Gasteiger partial charge in [0, 0.05) is 5.69 Å². The summed E-state index contributed by atoms with van der Waals surface area (Å²) in [5, 5.41) is 10.3. The first-order chi connectivity index (χ1) is 10.4. The van der Waals surface area contributed by atoms with Gasteiger partial charge in [-0.05, 0) is 18.2 Å². The Morgan fingerprint density at radius 1 is 1.50 bits per heavy atom. The quantitative estimate of drug-likeness (QED) is 0.763. The normalized spacial score (nSPS) is 10.7. The molecule has 118 valence electrons. The number of rotatable bonds is 6. The molecule has 0 radical (unpaired) electrons. The monoisotopic (exact) mass is 366 g/mol. The number of hydrogen-bond donors (Lipinski definition) is 2. The molecule has 3 N–H and O–H groups in total. The van der Waals surface area contributed by atoms with Crippen LogP contribution < -0.4 is 15.8 Å². The lowest BCUT2D eigenvalue weighted by Gasteiger charge is -2.09. The van der Waals surface area contributed by atoms with Gasteiger partial charge in [-0.15, -0.1) is 10.2 Å². The Hall–Kier alpha value is -1.65. The summed E-state index contributed by atoms with van der Waals surface area (Å²) in [7, 11) is 0. The molecule has 0 bridgehead atoms. The molecule has 0 aliphatic carbocycles. The number of hydrogen-bond acceptors (Lipinski definition) is 7. The van der Waals surface area contributed by atoms with Gasteiger partial charge in [-0.3, -0.25) is 4.79 Å². The number of halogens is 3. The number of benzene rings is 1. The summed E-state index contributed by atoms with van der Waals surface area (Å²) in [4.78, 5) is 11.8. The molecule has 0 unspecified atom stereocenters. The van der Waals surface area contributed by atoms with Crippen molar-refractivity contribution < 1.29 is 18.3 Å². The molecule has 1 heterocycles. The summed E-state index contributed by atoms with van der Waals surface area (Å²) in [6.07, 6.45) is 0. The molecule has 0 aliphatic heterocycles. The van der Waals surface area contributed by atoms with Crippen molar-refractivity contribution in [3.05, 3.63) is 23.2 Å². The van der Waals surface area contributed by atoms with Crippen LogP contribution in [0.2, 0.25) is 5.02 Å². The molecule has 0 fully saturated rings. The summed E-state index contributed by atoms with van der Waals surface area (Å²) in [6, 6.07) is 3.99. The first-order valence-corrected chi connectivity index (χ1v) is 7.88. The number of ether oxygens (including phenoxy) is 1. The largest absolute Gasteiger partial charge is 0.433 e. The zero-order chi connectivity index (χ0) is 16.1. The van der Waals surface area contributed by atoms with Gasteiger partial charge in [-0.2, -0.15) is 8.78 Å². The maximum atomic E-state index is 12.1. The van der Waals surface area contributed by atoms with Crippen LogP contribution in [-0.2, 0) is 4.79 Å². The summed E-state index contributed by atoms with van der Waals surface area (Å²) < 4.78 is 29.0. The molecule has 0 spiro atoms. The number of alkyl halides is 2. The molecule has 0 saturated carbocycles. The Labute approximate surface area is 137 Å². The second-order valence-electron chi connectivity index (χ2n) is 3.77. The van der Waals surface area contributed by atoms with Gasteiger partial charge in [-0.1, -0.05) is 34.7 Å². The second-order valence-corrected chi connectivity index (χ2v) is 6.41. The lowest BCUT2D eigenvalue weighted by molar-refractivity contribution is -0.113. The van der Waals surface area contributed by atoms with E-state index >= 15 is 0 Å². The number of thioether (sulfide) groups is 1. The molecular formula is C11H9ClF2N4O2S2. The predicted octanol–water partition coefficient (Wildman–Crippen LogP) is 3.11. The summed E-state index contributed by atoms with van der Waals surface area (Å²) in [6.45, 7) is -2.96. The van der Waals surface area contributed by atoms with Crippen LogP contribution in [-0.4, -0.2) is 28.5 Å². The fourth-order valence-corrected chi connectivity index (χ4v) is 3.03. The van der Waals surface area contributed by atoms with E-state index in [2.05, 4.69) is 20.3 Å². The van der Waals surface area contributed by atoms with E-state index in [9.17, 15) is 13.6 Å². The average molecular weight is 367 g/mol. The predicted molar refractivity (Wildman–Crippen MR) is 81.8 cm³/mol. The fourth-order valence-electron chi connectivity index (χ4n) is 1.37. The molecule has 6 nitrogen and oxygen atoms in total. The molecule has 2 aromatic rings. The van der Waals surface area contributed by atoms with Crippen LogP contribution in [0.5, 0.6) is 5.75 Å². The summed E-state index contributed by atoms with van der Waals surface area (Å²) >= 11 is 8.14. The van der Waals surface area contributed by atoms with E-state index in [-0.39, 0.29) is 22.4 Å². The lowest BCUT2D eigenvalue weighted by Crippen LogP contribution is -2.14. The number of anilines is 2. The summed E-state index contributed by atoms with van der Waals surface area (Å²) in [5.74, 6) is -0.368. The molecule has 0 aliphatic rings. The van der Waals surface area contributed by atoms with Crippen molar-refractivity contribution in [2.45, 2.75) is 11.0 Å². The van der Waals surface area contributed by atoms with Gasteiger partial charge in [0.1, 0.15) is 5.75 Å². The van der Waals surface area contributed by atoms with Crippen LogP contribution in [0.25, 0.3) is 0 Å². The zero-order valence-electron chi connectivity index (χ0n) is 10.8. The van der Waals surface area contributed by atoms with Gasteiger partial charge >= 0.3 is 6.61 Å². The van der Waals surface area contributed by atoms with E-state index in [1.165, 1.54) is 41.3 Å². The van der Waals surface area contributed by atoms with Crippen molar-refractivity contribution in [3.8, 4) is 5.75 Å². The van der Waals surface area contributed by atoms with E-state index in [4.69, 9.17) is 17.3 Å². The van der Waals surface area contributed by atoms with Crippen molar-refractivity contribution in [2.75, 3.05) is 16.8 Å². The van der Waals surface area contributed by atoms with E-state index < -0.39 is 6.61 Å². The lowest BCUT2D eigenvalue weighted by atomic mass is 10.3. The average Bonchev–Trinajstić information content (AvgIpc) is 2.85. The number of nitrogen functional groups attached to an aromatic ring is 1. The Balaban J connectivity index is 1.89. The number of carbonyl (C=O) groups is 1. The Kier molecular flexibility index (Phi) is 5.75. The third-order valence-corrected chi connectivity index (χ3v) is 4.36. The minimum absolute atomic E-state index is 0.0253. The Morgan fingerprint density at radius 3 is 2.86 bits per heavy atom. The number of nitrogens with one attached hydrogen (secondary N) is 1. The second kappa shape index (κ2) is 7.56. The molecule has 0 atom stereocenters. The number of amides is 1. The van der Waals surface area contributed by atoms with Crippen LogP contribution in [0, 0.1) is 0 Å². The number of carbonyl (C=O) groups excluding carboxylic acids is 1. The van der Waals surface area contributed by atoms with Crippen molar-refractivity contribution in [3.63, 3.8) is 0 Å². The molecule has 22 heavy (non-hydrogen) atoms. The van der Waals surface area contributed by atoms with Gasteiger partial charge in [0.2, 0.25) is 11.0 Å². The zero-order valence-corrected chi connectivity index (χ0v) is 13.1. The molecule has 1 amide bonds. The van der Waals surface area contributed by atoms with Crippen LogP contribution >= 0.6 is 34.7 Å². The highest BCUT2D eigenvalue weighted by molar-refractivity contribution is 8.01. The molecule has 2 rings (SSSR count). The van der Waals surface area contributed by atoms with Gasteiger partial charge in [0.05, 0.1) is 10.8 Å². The van der Waals surface area contributed by atoms with Crippen LogP contribution in [0.4, 0.5) is 19.6 Å².